The largest absolute Gasteiger partial charge is 0.508 e. The number of hydrogen-bond acceptors (Lipinski definition) is 4. The number of aromatic hydroxyl groups is 1. The molecule has 0 atom stereocenters. The van der Waals surface area contributed by atoms with Crippen molar-refractivity contribution < 1.29 is 9.90 Å². The molecule has 0 aliphatic heterocycles. The lowest BCUT2D eigenvalue weighted by Crippen LogP contribution is -2.38. The molecule has 1 aromatic carbocycles. The summed E-state index contributed by atoms with van der Waals surface area (Å²) in [5, 5.41) is 22.8. The number of thiophene rings is 1. The van der Waals surface area contributed by atoms with Crippen LogP contribution in [0.15, 0.2) is 46.1 Å². The van der Waals surface area contributed by atoms with Crippen molar-refractivity contribution >= 4 is 47.2 Å². The highest BCUT2D eigenvalue weighted by Gasteiger charge is 2.05. The number of guanidine groups is 1. The number of amides is 1. The van der Waals surface area contributed by atoms with Crippen LogP contribution in [0.4, 0.5) is 0 Å². The molecule has 0 saturated carbocycles. The minimum atomic E-state index is -0.186. The van der Waals surface area contributed by atoms with Crippen LogP contribution in [0.1, 0.15) is 29.3 Å². The first kappa shape index (κ1) is 22.2. The Hall–Kier alpha value is -1.81. The fourth-order valence-electron chi connectivity index (χ4n) is 2.14. The molecule has 4 N–H and O–H groups in total. The molecule has 0 fully saturated rings. The summed E-state index contributed by atoms with van der Waals surface area (Å²) in [7, 11) is 0. The van der Waals surface area contributed by atoms with Gasteiger partial charge in [-0.25, -0.2) is 4.99 Å². The Morgan fingerprint density at radius 1 is 1.19 bits per heavy atom. The Morgan fingerprint density at radius 3 is 2.69 bits per heavy atom. The van der Waals surface area contributed by atoms with E-state index in [1.165, 1.54) is 11.6 Å². The Labute approximate surface area is 175 Å². The molecule has 142 valence electrons. The molecule has 2 aromatic rings. The molecular weight excluding hydrogens is 463 g/mol. The summed E-state index contributed by atoms with van der Waals surface area (Å²) in [5.41, 5.74) is 1.65. The van der Waals surface area contributed by atoms with Gasteiger partial charge in [-0.15, -0.1) is 24.0 Å². The number of halogens is 1. The van der Waals surface area contributed by atoms with Crippen LogP contribution < -0.4 is 16.0 Å². The quantitative estimate of drug-likeness (QED) is 0.199. The van der Waals surface area contributed by atoms with Crippen LogP contribution in [0.2, 0.25) is 0 Å². The average Bonchev–Trinajstić information content (AvgIpc) is 3.12. The second-order valence-corrected chi connectivity index (χ2v) is 6.19. The predicted octanol–water partition coefficient (Wildman–Crippen LogP) is 2.95. The van der Waals surface area contributed by atoms with Crippen LogP contribution in [-0.2, 0) is 6.54 Å². The molecule has 2 rings (SSSR count). The first-order valence-electron chi connectivity index (χ1n) is 8.29. The maximum atomic E-state index is 12.0. The predicted molar refractivity (Wildman–Crippen MR) is 118 cm³/mol. The van der Waals surface area contributed by atoms with E-state index in [2.05, 4.69) is 32.4 Å². The number of phenolic OH excluding ortho intramolecular Hbond substituents is 1. The Bertz CT molecular complexity index is 692. The smallest absolute Gasteiger partial charge is 0.251 e. The fourth-order valence-corrected chi connectivity index (χ4v) is 2.80. The van der Waals surface area contributed by atoms with E-state index in [1.54, 1.807) is 29.5 Å². The van der Waals surface area contributed by atoms with Crippen molar-refractivity contribution in [2.45, 2.75) is 19.9 Å². The first-order chi connectivity index (χ1) is 12.2. The summed E-state index contributed by atoms with van der Waals surface area (Å²) in [6.45, 7) is 4.72. The van der Waals surface area contributed by atoms with Gasteiger partial charge in [0.05, 0.1) is 6.54 Å². The molecule has 0 spiro atoms. The number of carbonyl (C=O) groups is 1. The van der Waals surface area contributed by atoms with Gasteiger partial charge in [-0.2, -0.15) is 11.3 Å². The zero-order valence-electron chi connectivity index (χ0n) is 14.7. The van der Waals surface area contributed by atoms with Gasteiger partial charge in [0.1, 0.15) is 5.75 Å². The third kappa shape index (κ3) is 8.05. The van der Waals surface area contributed by atoms with Gasteiger partial charge in [-0.05, 0) is 53.9 Å². The first-order valence-corrected chi connectivity index (χ1v) is 9.24. The second kappa shape index (κ2) is 12.5. The van der Waals surface area contributed by atoms with Crippen molar-refractivity contribution in [3.8, 4) is 5.75 Å². The van der Waals surface area contributed by atoms with Gasteiger partial charge in [0, 0.05) is 25.2 Å². The number of nitrogens with zero attached hydrogens (tertiary/aromatic N) is 1. The minimum Gasteiger partial charge on any atom is -0.508 e. The van der Waals surface area contributed by atoms with Gasteiger partial charge in [0.15, 0.2) is 5.96 Å². The molecule has 1 heterocycles. The number of carbonyl (C=O) groups excluding carboxylic acids is 1. The van der Waals surface area contributed by atoms with E-state index in [0.717, 1.165) is 18.9 Å². The van der Waals surface area contributed by atoms with Crippen molar-refractivity contribution in [1.29, 1.82) is 0 Å². The van der Waals surface area contributed by atoms with Gasteiger partial charge in [0.25, 0.3) is 5.91 Å². The Kier molecular flexibility index (Phi) is 10.7. The second-order valence-electron chi connectivity index (χ2n) is 5.41. The molecule has 0 aliphatic rings. The molecule has 1 amide bonds. The molecule has 6 nitrogen and oxygen atoms in total. The van der Waals surface area contributed by atoms with E-state index in [1.807, 2.05) is 12.3 Å². The van der Waals surface area contributed by atoms with E-state index in [-0.39, 0.29) is 35.6 Å². The molecule has 0 saturated heterocycles. The summed E-state index contributed by atoms with van der Waals surface area (Å²) >= 11 is 1.66. The lowest BCUT2D eigenvalue weighted by atomic mass is 10.2. The number of benzene rings is 1. The molecule has 26 heavy (non-hydrogen) atoms. The highest BCUT2D eigenvalue weighted by atomic mass is 127. The normalized spacial score (nSPS) is 10.7. The highest BCUT2D eigenvalue weighted by Crippen LogP contribution is 2.10. The maximum Gasteiger partial charge on any atom is 0.251 e. The number of rotatable bonds is 8. The molecular formula is C18H25IN4O2S. The molecule has 1 aromatic heterocycles. The highest BCUT2D eigenvalue weighted by molar-refractivity contribution is 14.0. The van der Waals surface area contributed by atoms with Crippen LogP contribution >= 0.6 is 35.3 Å². The maximum absolute atomic E-state index is 12.0. The number of nitrogens with one attached hydrogen (secondary N) is 3. The van der Waals surface area contributed by atoms with Gasteiger partial charge >= 0.3 is 0 Å². The summed E-state index contributed by atoms with van der Waals surface area (Å²) in [4.78, 5) is 16.5. The Balaban J connectivity index is 0.00000338. The zero-order valence-corrected chi connectivity index (χ0v) is 17.8. The van der Waals surface area contributed by atoms with Gasteiger partial charge < -0.3 is 21.1 Å². The van der Waals surface area contributed by atoms with Gasteiger partial charge in [-0.3, -0.25) is 4.79 Å². The Morgan fingerprint density at radius 2 is 2.00 bits per heavy atom. The molecule has 0 aliphatic carbocycles. The van der Waals surface area contributed by atoms with E-state index in [4.69, 9.17) is 0 Å². The SMILES string of the molecule is CCNC(=NCc1ccsc1)NCCCNC(=O)c1cccc(O)c1.I. The van der Waals surface area contributed by atoms with Crippen molar-refractivity contribution in [2.24, 2.45) is 4.99 Å². The van der Waals surface area contributed by atoms with Crippen molar-refractivity contribution in [2.75, 3.05) is 19.6 Å². The summed E-state index contributed by atoms with van der Waals surface area (Å²) < 4.78 is 0. The summed E-state index contributed by atoms with van der Waals surface area (Å²) in [6, 6.07) is 8.38. The number of aliphatic imine (C=N–C) groups is 1. The molecule has 0 unspecified atom stereocenters. The van der Waals surface area contributed by atoms with Crippen LogP contribution in [-0.4, -0.2) is 36.6 Å². The van der Waals surface area contributed by atoms with Crippen molar-refractivity contribution in [3.63, 3.8) is 0 Å². The number of hydrogen-bond donors (Lipinski definition) is 4. The third-order valence-corrected chi connectivity index (χ3v) is 4.12. The average molecular weight is 488 g/mol. The third-order valence-electron chi connectivity index (χ3n) is 3.38. The van der Waals surface area contributed by atoms with Crippen molar-refractivity contribution in [1.82, 2.24) is 16.0 Å². The minimum absolute atomic E-state index is 0. The van der Waals surface area contributed by atoms with Crippen LogP contribution in [0, 0.1) is 0 Å². The van der Waals surface area contributed by atoms with Gasteiger partial charge in [0.2, 0.25) is 0 Å². The summed E-state index contributed by atoms with van der Waals surface area (Å²) in [5.74, 6) is 0.674. The summed E-state index contributed by atoms with van der Waals surface area (Å²) in [6.07, 6.45) is 0.771. The zero-order chi connectivity index (χ0) is 17.9. The standard InChI is InChI=1S/C18H24N4O2S.HI/c1-2-19-18(22-12-14-7-10-25-13-14)21-9-4-8-20-17(24)15-5-3-6-16(23)11-15;/h3,5-7,10-11,13,23H,2,4,8-9,12H2,1H3,(H,20,24)(H2,19,21,22);1H. The lowest BCUT2D eigenvalue weighted by molar-refractivity contribution is 0.0953. The topological polar surface area (TPSA) is 85.8 Å². The monoisotopic (exact) mass is 488 g/mol. The van der Waals surface area contributed by atoms with Crippen LogP contribution in [0.25, 0.3) is 0 Å². The van der Waals surface area contributed by atoms with E-state index < -0.39 is 0 Å². The fraction of sp³-hybridized carbons (Fsp3) is 0.333. The molecule has 0 bridgehead atoms. The van der Waals surface area contributed by atoms with Crippen LogP contribution in [0.5, 0.6) is 5.75 Å². The lowest BCUT2D eigenvalue weighted by Gasteiger charge is -2.11. The van der Waals surface area contributed by atoms with E-state index >= 15 is 0 Å². The molecule has 0 radical (unpaired) electrons. The number of phenols is 1. The molecule has 8 heteroatoms. The van der Waals surface area contributed by atoms with Crippen LogP contribution in [0.3, 0.4) is 0 Å². The van der Waals surface area contributed by atoms with E-state index in [0.29, 0.717) is 25.2 Å². The van der Waals surface area contributed by atoms with Gasteiger partial charge in [-0.1, -0.05) is 6.07 Å². The van der Waals surface area contributed by atoms with Crippen molar-refractivity contribution in [3.05, 3.63) is 52.2 Å². The van der Waals surface area contributed by atoms with E-state index in [9.17, 15) is 9.90 Å².